The number of pyridine rings is 1. The molecule has 30 heavy (non-hydrogen) atoms. The Morgan fingerprint density at radius 3 is 2.30 bits per heavy atom. The van der Waals surface area contributed by atoms with Crippen molar-refractivity contribution in [3.8, 4) is 22.6 Å². The summed E-state index contributed by atoms with van der Waals surface area (Å²) in [6, 6.07) is 11.6. The fourth-order valence-electron chi connectivity index (χ4n) is 2.83. The van der Waals surface area contributed by atoms with Crippen molar-refractivity contribution in [3.05, 3.63) is 88.7 Å². The Bertz CT molecular complexity index is 1280. The molecule has 0 bridgehead atoms. The summed E-state index contributed by atoms with van der Waals surface area (Å²) >= 11 is 0. The van der Waals surface area contributed by atoms with Crippen molar-refractivity contribution in [3.63, 3.8) is 0 Å². The molecule has 0 unspecified atom stereocenters. The number of aryl methyl sites for hydroxylation is 1. The number of hydrogen-bond donors (Lipinski definition) is 1. The molecule has 0 radical (unpaired) electrons. The quantitative estimate of drug-likeness (QED) is 0.557. The molecule has 0 atom stereocenters. The van der Waals surface area contributed by atoms with E-state index in [1.165, 1.54) is 19.3 Å². The van der Waals surface area contributed by atoms with Crippen molar-refractivity contribution >= 4 is 11.6 Å². The third-order valence-corrected chi connectivity index (χ3v) is 4.34. The van der Waals surface area contributed by atoms with E-state index < -0.39 is 28.9 Å². The topological polar surface area (TPSA) is 90.0 Å². The lowest BCUT2D eigenvalue weighted by molar-refractivity contribution is 0.101. The van der Waals surface area contributed by atoms with Gasteiger partial charge >= 0.3 is 5.76 Å². The molecule has 0 aliphatic rings. The summed E-state index contributed by atoms with van der Waals surface area (Å²) < 4.78 is 33.6. The molecular formula is C21H14F2N4O3. The lowest BCUT2D eigenvalue weighted by Gasteiger charge is -2.08. The van der Waals surface area contributed by atoms with Crippen LogP contribution in [-0.2, 0) is 7.05 Å². The molecule has 2 aromatic heterocycles. The van der Waals surface area contributed by atoms with Crippen molar-refractivity contribution in [2.75, 3.05) is 5.32 Å². The van der Waals surface area contributed by atoms with Crippen molar-refractivity contribution in [2.24, 2.45) is 7.05 Å². The van der Waals surface area contributed by atoms with E-state index in [2.05, 4.69) is 15.4 Å². The highest BCUT2D eigenvalue weighted by Crippen LogP contribution is 2.25. The van der Waals surface area contributed by atoms with Crippen LogP contribution < -0.4 is 11.1 Å². The summed E-state index contributed by atoms with van der Waals surface area (Å²) in [7, 11) is 1.48. The molecule has 150 valence electrons. The van der Waals surface area contributed by atoms with E-state index in [1.807, 2.05) is 0 Å². The number of amides is 1. The number of benzene rings is 2. The van der Waals surface area contributed by atoms with Gasteiger partial charge in [-0.25, -0.2) is 13.6 Å². The Morgan fingerprint density at radius 1 is 1.00 bits per heavy atom. The highest BCUT2D eigenvalue weighted by Gasteiger charge is 2.17. The minimum absolute atomic E-state index is 0.146. The van der Waals surface area contributed by atoms with Gasteiger partial charge in [0.05, 0.1) is 5.56 Å². The van der Waals surface area contributed by atoms with Gasteiger partial charge in [0.1, 0.15) is 17.2 Å². The highest BCUT2D eigenvalue weighted by molar-refractivity contribution is 6.04. The van der Waals surface area contributed by atoms with E-state index in [-0.39, 0.29) is 5.89 Å². The molecule has 0 fully saturated rings. The second-order valence-corrected chi connectivity index (χ2v) is 6.39. The fourth-order valence-corrected chi connectivity index (χ4v) is 2.83. The Morgan fingerprint density at radius 2 is 1.67 bits per heavy atom. The van der Waals surface area contributed by atoms with Crippen LogP contribution in [0.4, 0.5) is 14.5 Å². The third kappa shape index (κ3) is 3.72. The maximum Gasteiger partial charge on any atom is 0.437 e. The Hall–Kier alpha value is -4.14. The average Bonchev–Trinajstić information content (AvgIpc) is 3.07. The minimum Gasteiger partial charge on any atom is -0.388 e. The molecule has 1 amide bonds. The highest BCUT2D eigenvalue weighted by atomic mass is 19.1. The molecule has 0 aliphatic carbocycles. The van der Waals surface area contributed by atoms with E-state index in [0.717, 1.165) is 27.9 Å². The summed E-state index contributed by atoms with van der Waals surface area (Å²) in [6.07, 6.45) is 3.14. The molecule has 2 heterocycles. The normalized spacial score (nSPS) is 10.8. The third-order valence-electron chi connectivity index (χ3n) is 4.34. The van der Waals surface area contributed by atoms with Gasteiger partial charge in [0, 0.05) is 30.7 Å². The van der Waals surface area contributed by atoms with Gasteiger partial charge in [-0.1, -0.05) is 18.2 Å². The first kappa shape index (κ1) is 19.2. The number of hydrogen-bond acceptors (Lipinski definition) is 5. The fraction of sp³-hybridized carbons (Fsp3) is 0.0476. The Balaban J connectivity index is 1.56. The molecule has 0 aliphatic heterocycles. The monoisotopic (exact) mass is 408 g/mol. The predicted octanol–water partition coefficient (Wildman–Crippen LogP) is 3.63. The molecule has 2 aromatic carbocycles. The number of carbonyl (C=O) groups excluding carboxylic acids is 1. The van der Waals surface area contributed by atoms with Gasteiger partial charge in [-0.05, 0) is 35.9 Å². The molecule has 4 aromatic rings. The van der Waals surface area contributed by atoms with Crippen LogP contribution in [0.1, 0.15) is 10.4 Å². The number of carbonyl (C=O) groups is 1. The van der Waals surface area contributed by atoms with Gasteiger partial charge in [0.15, 0.2) is 0 Å². The van der Waals surface area contributed by atoms with Crippen molar-refractivity contribution in [1.82, 2.24) is 14.8 Å². The van der Waals surface area contributed by atoms with E-state index in [4.69, 9.17) is 4.42 Å². The average molecular weight is 408 g/mol. The lowest BCUT2D eigenvalue weighted by Crippen LogP contribution is -2.15. The molecule has 0 spiro atoms. The summed E-state index contributed by atoms with van der Waals surface area (Å²) in [4.78, 5) is 27.8. The van der Waals surface area contributed by atoms with Gasteiger partial charge in [0.2, 0.25) is 0 Å². The van der Waals surface area contributed by atoms with Crippen molar-refractivity contribution in [1.29, 1.82) is 0 Å². The number of aromatic nitrogens is 3. The number of nitrogens with zero attached hydrogens (tertiary/aromatic N) is 3. The first-order chi connectivity index (χ1) is 14.4. The van der Waals surface area contributed by atoms with E-state index in [0.29, 0.717) is 11.3 Å². The first-order valence-corrected chi connectivity index (χ1v) is 8.78. The zero-order valence-electron chi connectivity index (χ0n) is 15.6. The smallest absolute Gasteiger partial charge is 0.388 e. The zero-order chi connectivity index (χ0) is 21.3. The maximum absolute atomic E-state index is 13.8. The number of nitrogens with one attached hydrogen (secondary N) is 1. The second-order valence-electron chi connectivity index (χ2n) is 6.39. The van der Waals surface area contributed by atoms with Crippen molar-refractivity contribution in [2.45, 2.75) is 0 Å². The van der Waals surface area contributed by atoms with Crippen molar-refractivity contribution < 1.29 is 18.0 Å². The molecular weight excluding hydrogens is 394 g/mol. The molecule has 0 saturated carbocycles. The van der Waals surface area contributed by atoms with Crippen LogP contribution in [0.15, 0.2) is 70.1 Å². The minimum atomic E-state index is -0.937. The molecule has 9 heteroatoms. The van der Waals surface area contributed by atoms with Crippen LogP contribution in [0.25, 0.3) is 22.6 Å². The summed E-state index contributed by atoms with van der Waals surface area (Å²) in [6.45, 7) is 0. The maximum atomic E-state index is 13.8. The Labute approximate surface area is 168 Å². The van der Waals surface area contributed by atoms with E-state index in [9.17, 15) is 18.4 Å². The van der Waals surface area contributed by atoms with Crippen LogP contribution in [0.2, 0.25) is 0 Å². The van der Waals surface area contributed by atoms with Crippen LogP contribution in [0, 0.1) is 11.6 Å². The number of anilines is 1. The standard InChI is InChI=1S/C21H14F2N4O3/c1-27-21(29)30-20(26-27)14-9-13(10-24-11-14)12-5-7-15(8-6-12)25-19(28)18-16(22)3-2-4-17(18)23/h2-11H,1H3,(H,25,28). The molecule has 7 nitrogen and oxygen atoms in total. The largest absolute Gasteiger partial charge is 0.437 e. The van der Waals surface area contributed by atoms with Gasteiger partial charge in [-0.2, -0.15) is 4.68 Å². The van der Waals surface area contributed by atoms with E-state index in [1.54, 1.807) is 36.5 Å². The predicted molar refractivity (Wildman–Crippen MR) is 105 cm³/mol. The second kappa shape index (κ2) is 7.70. The first-order valence-electron chi connectivity index (χ1n) is 8.78. The van der Waals surface area contributed by atoms with Gasteiger partial charge in [-0.3, -0.25) is 9.78 Å². The summed E-state index contributed by atoms with van der Waals surface area (Å²) in [5, 5.41) is 6.46. The summed E-state index contributed by atoms with van der Waals surface area (Å²) in [5.41, 5.74) is 1.73. The van der Waals surface area contributed by atoms with Crippen LogP contribution in [0.5, 0.6) is 0 Å². The van der Waals surface area contributed by atoms with Gasteiger partial charge in [-0.15, -0.1) is 5.10 Å². The molecule has 1 N–H and O–H groups in total. The number of halogens is 2. The lowest BCUT2D eigenvalue weighted by atomic mass is 10.1. The van der Waals surface area contributed by atoms with E-state index >= 15 is 0 Å². The van der Waals surface area contributed by atoms with Crippen LogP contribution >= 0.6 is 0 Å². The molecule has 0 saturated heterocycles. The van der Waals surface area contributed by atoms with Crippen LogP contribution in [-0.4, -0.2) is 20.7 Å². The van der Waals surface area contributed by atoms with Crippen LogP contribution in [0.3, 0.4) is 0 Å². The van der Waals surface area contributed by atoms with Gasteiger partial charge in [0.25, 0.3) is 11.8 Å². The zero-order valence-corrected chi connectivity index (χ0v) is 15.6. The Kier molecular flexibility index (Phi) is 4.93. The SMILES string of the molecule is Cn1nc(-c2cncc(-c3ccc(NC(=O)c4c(F)cccc4F)cc3)c2)oc1=O. The summed E-state index contributed by atoms with van der Waals surface area (Å²) in [5.74, 6) is -3.19. The van der Waals surface area contributed by atoms with Gasteiger partial charge < -0.3 is 9.73 Å². The number of rotatable bonds is 4. The molecule has 4 rings (SSSR count).